The monoisotopic (exact) mass is 552 g/mol. The lowest BCUT2D eigenvalue weighted by Gasteiger charge is -2.61. The van der Waals surface area contributed by atoms with E-state index in [9.17, 15) is 0 Å². The fourth-order valence-corrected chi connectivity index (χ4v) is 13.5. The third kappa shape index (κ3) is 5.99. The highest BCUT2D eigenvalue weighted by Crippen LogP contribution is 2.68. The van der Waals surface area contributed by atoms with E-state index in [1.807, 2.05) is 0 Å². The van der Waals surface area contributed by atoms with Crippen molar-refractivity contribution in [2.75, 3.05) is 0 Å². The van der Waals surface area contributed by atoms with Crippen molar-refractivity contribution in [2.45, 2.75) is 149 Å². The second-order valence-electron chi connectivity index (χ2n) is 16.8. The van der Waals surface area contributed by atoms with Crippen LogP contribution >= 0.6 is 0 Å². The third-order valence-electron chi connectivity index (χ3n) is 10.8. The maximum atomic E-state index is 7.04. The Bertz CT molecular complexity index is 784. The topological polar surface area (TPSA) is 27.7 Å². The van der Waals surface area contributed by atoms with Gasteiger partial charge >= 0.3 is 0 Å². The predicted octanol–water partition coefficient (Wildman–Crippen LogP) is 8.94. The molecule has 0 amide bonds. The summed E-state index contributed by atoms with van der Waals surface area (Å²) in [5.41, 5.74) is 0.864. The standard InChI is InChI=1S/C30H60O3Si3/c1-21(31-34(4,5)6)28-27(33-36(10,11)12)20-26-24-14-13-22-19-23(32-35(7,8)9)15-17-29(22,2)25(24)16-18-30(26,28)3/h21-28H,13-20H2,1-12H3/t21-,22+,23+,24?,25?,26?,27+,28?,29?,30?/m0/s1. The fraction of sp³-hybridized carbons (Fsp3) is 1.00. The van der Waals surface area contributed by atoms with Crippen molar-refractivity contribution in [3.63, 3.8) is 0 Å². The first-order valence-corrected chi connectivity index (χ1v) is 25.6. The molecule has 0 saturated heterocycles. The molecule has 0 heterocycles. The van der Waals surface area contributed by atoms with Crippen LogP contribution in [-0.2, 0) is 13.3 Å². The lowest BCUT2D eigenvalue weighted by atomic mass is 9.44. The molecule has 0 N–H and O–H groups in total. The van der Waals surface area contributed by atoms with Crippen molar-refractivity contribution in [3.8, 4) is 0 Å². The molecule has 0 radical (unpaired) electrons. The normalized spacial score (nSPS) is 44.5. The summed E-state index contributed by atoms with van der Waals surface area (Å²) in [6.45, 7) is 29.0. The van der Waals surface area contributed by atoms with Crippen LogP contribution in [0.2, 0.25) is 58.9 Å². The molecule has 0 aromatic heterocycles. The van der Waals surface area contributed by atoms with E-state index in [0.717, 1.165) is 23.7 Å². The summed E-state index contributed by atoms with van der Waals surface area (Å²) >= 11 is 0. The molecule has 4 saturated carbocycles. The Morgan fingerprint density at radius 3 is 1.86 bits per heavy atom. The number of rotatable bonds is 7. The van der Waals surface area contributed by atoms with E-state index in [0.29, 0.717) is 35.1 Å². The average Bonchev–Trinajstić information content (AvgIpc) is 2.96. The minimum Gasteiger partial charge on any atom is -0.415 e. The molecule has 0 aromatic rings. The van der Waals surface area contributed by atoms with Crippen molar-refractivity contribution in [3.05, 3.63) is 0 Å². The van der Waals surface area contributed by atoms with E-state index in [4.69, 9.17) is 13.3 Å². The van der Waals surface area contributed by atoms with Gasteiger partial charge in [0.15, 0.2) is 25.0 Å². The fourth-order valence-electron chi connectivity index (χ4n) is 9.90. The Hall–Kier alpha value is 0.531. The van der Waals surface area contributed by atoms with Crippen LogP contribution in [0.15, 0.2) is 0 Å². The zero-order valence-corrected chi connectivity index (χ0v) is 29.0. The number of hydrogen-bond acceptors (Lipinski definition) is 3. The largest absolute Gasteiger partial charge is 0.415 e. The third-order valence-corrected chi connectivity index (χ3v) is 13.9. The summed E-state index contributed by atoms with van der Waals surface area (Å²) in [6.07, 6.45) is 12.1. The van der Waals surface area contributed by atoms with Gasteiger partial charge in [-0.2, -0.15) is 0 Å². The summed E-state index contributed by atoms with van der Waals surface area (Å²) in [7, 11) is -4.72. The minimum atomic E-state index is -1.63. The van der Waals surface area contributed by atoms with Crippen LogP contribution in [0.3, 0.4) is 0 Å². The van der Waals surface area contributed by atoms with E-state index in [1.165, 1.54) is 51.4 Å². The molecule has 6 heteroatoms. The van der Waals surface area contributed by atoms with Crippen LogP contribution in [0.25, 0.3) is 0 Å². The van der Waals surface area contributed by atoms with E-state index in [1.54, 1.807) is 0 Å². The molecule has 10 atom stereocenters. The second-order valence-corrected chi connectivity index (χ2v) is 30.2. The minimum absolute atomic E-state index is 0.297. The van der Waals surface area contributed by atoms with Crippen molar-refractivity contribution in [1.82, 2.24) is 0 Å². The molecule has 210 valence electrons. The van der Waals surface area contributed by atoms with Gasteiger partial charge in [-0.25, -0.2) is 0 Å². The Kier molecular flexibility index (Phi) is 8.09. The molecule has 4 fully saturated rings. The highest BCUT2D eigenvalue weighted by atomic mass is 28.4. The molecule has 0 aliphatic heterocycles. The molecular weight excluding hydrogens is 493 g/mol. The van der Waals surface area contributed by atoms with Crippen LogP contribution in [0.4, 0.5) is 0 Å². The summed E-state index contributed by atoms with van der Waals surface area (Å²) in [4.78, 5) is 0. The number of fused-ring (bicyclic) bond motifs is 5. The van der Waals surface area contributed by atoms with Crippen LogP contribution in [0.1, 0.15) is 72.1 Å². The molecule has 36 heavy (non-hydrogen) atoms. The lowest BCUT2D eigenvalue weighted by Crippen LogP contribution is -2.55. The summed E-state index contributed by atoms with van der Waals surface area (Å²) in [5.74, 6) is 3.95. The number of hydrogen-bond donors (Lipinski definition) is 0. The van der Waals surface area contributed by atoms with Gasteiger partial charge < -0.3 is 13.3 Å². The summed E-state index contributed by atoms with van der Waals surface area (Å²) in [5, 5.41) is 0. The Morgan fingerprint density at radius 1 is 0.667 bits per heavy atom. The van der Waals surface area contributed by atoms with Gasteiger partial charge in [-0.3, -0.25) is 0 Å². The first-order chi connectivity index (χ1) is 16.3. The van der Waals surface area contributed by atoms with Gasteiger partial charge in [-0.05, 0) is 152 Å². The van der Waals surface area contributed by atoms with Gasteiger partial charge in [-0.15, -0.1) is 0 Å². The quantitative estimate of drug-likeness (QED) is 0.295. The van der Waals surface area contributed by atoms with Crippen LogP contribution in [-0.4, -0.2) is 43.3 Å². The highest BCUT2D eigenvalue weighted by molar-refractivity contribution is 6.70. The van der Waals surface area contributed by atoms with Crippen LogP contribution in [0, 0.1) is 40.4 Å². The van der Waals surface area contributed by atoms with Crippen molar-refractivity contribution in [1.29, 1.82) is 0 Å². The molecule has 0 aromatic carbocycles. The van der Waals surface area contributed by atoms with Crippen LogP contribution < -0.4 is 0 Å². The summed E-state index contributed by atoms with van der Waals surface area (Å²) < 4.78 is 20.5. The smallest absolute Gasteiger partial charge is 0.184 e. The SMILES string of the molecule is C[C@H](O[Si](C)(C)C)C1[C@H](O[Si](C)(C)C)CC2C3CC[C@@H]4C[C@H](O[Si](C)(C)C)CCC4(C)C3CCC21C. The van der Waals surface area contributed by atoms with Crippen molar-refractivity contribution < 1.29 is 13.3 Å². The lowest BCUT2D eigenvalue weighted by molar-refractivity contribution is -0.131. The Morgan fingerprint density at radius 2 is 1.28 bits per heavy atom. The van der Waals surface area contributed by atoms with Crippen molar-refractivity contribution in [2.24, 2.45) is 40.4 Å². The zero-order valence-electron chi connectivity index (χ0n) is 26.0. The maximum absolute atomic E-state index is 7.04. The molecule has 4 rings (SSSR count). The Balaban J connectivity index is 1.57. The van der Waals surface area contributed by atoms with Gasteiger partial charge in [0.1, 0.15) is 0 Å². The van der Waals surface area contributed by atoms with Crippen molar-refractivity contribution >= 4 is 25.0 Å². The predicted molar refractivity (Wildman–Crippen MR) is 161 cm³/mol. The Labute approximate surface area is 227 Å². The van der Waals surface area contributed by atoms with E-state index in [-0.39, 0.29) is 0 Å². The average molecular weight is 553 g/mol. The molecular formula is C30H60O3Si3. The molecule has 3 nitrogen and oxygen atoms in total. The first-order valence-electron chi connectivity index (χ1n) is 15.4. The van der Waals surface area contributed by atoms with E-state index >= 15 is 0 Å². The van der Waals surface area contributed by atoms with Gasteiger partial charge in [0.05, 0.1) is 6.10 Å². The highest BCUT2D eigenvalue weighted by Gasteiger charge is 2.64. The maximum Gasteiger partial charge on any atom is 0.184 e. The first kappa shape index (κ1) is 29.5. The molecule has 0 bridgehead atoms. The van der Waals surface area contributed by atoms with Crippen LogP contribution in [0.5, 0.6) is 0 Å². The van der Waals surface area contributed by atoms with E-state index in [2.05, 4.69) is 79.7 Å². The van der Waals surface area contributed by atoms with Gasteiger partial charge in [-0.1, -0.05) is 13.8 Å². The van der Waals surface area contributed by atoms with E-state index < -0.39 is 25.0 Å². The van der Waals surface area contributed by atoms with Gasteiger partial charge in [0.25, 0.3) is 0 Å². The molecule has 4 aliphatic rings. The zero-order chi connectivity index (χ0) is 26.9. The van der Waals surface area contributed by atoms with Gasteiger partial charge in [0, 0.05) is 18.1 Å². The molecule has 6 unspecified atom stereocenters. The molecule has 0 spiro atoms. The molecule has 4 aliphatic carbocycles. The van der Waals surface area contributed by atoms with Gasteiger partial charge in [0.2, 0.25) is 0 Å². The summed E-state index contributed by atoms with van der Waals surface area (Å²) in [6, 6.07) is 0. The second kappa shape index (κ2) is 9.87.